The zero-order valence-electron chi connectivity index (χ0n) is 11.4. The molecule has 0 atom stereocenters. The number of benzene rings is 2. The number of para-hydroxylation sites is 1. The molecule has 0 aliphatic rings. The first kappa shape index (κ1) is 13.7. The summed E-state index contributed by atoms with van der Waals surface area (Å²) in [6.45, 7) is 0. The summed E-state index contributed by atoms with van der Waals surface area (Å²) in [5.41, 5.74) is 2.10. The van der Waals surface area contributed by atoms with E-state index in [0.29, 0.717) is 23.1 Å². The molecular weight excluding hydrogens is 282 g/mol. The predicted octanol–water partition coefficient (Wildman–Crippen LogP) is 3.26. The highest BCUT2D eigenvalue weighted by Gasteiger charge is 2.14. The summed E-state index contributed by atoms with van der Waals surface area (Å²) < 4.78 is 1.58. The monoisotopic (exact) mass is 293 g/mol. The standard InChI is InChI=1S/C16H11N3O3/c20-11-13-10-18(14-6-2-1-3-7-14)17-16(13)12-5-4-8-15(9-12)19(21)22/h1-11H. The normalized spacial score (nSPS) is 10.4. The highest BCUT2D eigenvalue weighted by Crippen LogP contribution is 2.25. The van der Waals surface area contributed by atoms with Crippen LogP contribution in [0.1, 0.15) is 10.4 Å². The van der Waals surface area contributed by atoms with E-state index in [1.807, 2.05) is 30.3 Å². The number of non-ortho nitro benzene ring substituents is 1. The zero-order chi connectivity index (χ0) is 15.5. The minimum absolute atomic E-state index is 0.0383. The molecule has 6 nitrogen and oxygen atoms in total. The number of carbonyl (C=O) groups excluding carboxylic acids is 1. The van der Waals surface area contributed by atoms with E-state index in [1.54, 1.807) is 23.0 Å². The van der Waals surface area contributed by atoms with Crippen LogP contribution in [0.5, 0.6) is 0 Å². The van der Waals surface area contributed by atoms with Crippen LogP contribution < -0.4 is 0 Å². The first-order valence-electron chi connectivity index (χ1n) is 6.54. The summed E-state index contributed by atoms with van der Waals surface area (Å²) in [6.07, 6.45) is 2.30. The van der Waals surface area contributed by atoms with Gasteiger partial charge in [0.2, 0.25) is 0 Å². The van der Waals surface area contributed by atoms with Gasteiger partial charge in [0.1, 0.15) is 5.69 Å². The van der Waals surface area contributed by atoms with E-state index in [-0.39, 0.29) is 5.69 Å². The van der Waals surface area contributed by atoms with E-state index in [9.17, 15) is 14.9 Å². The molecule has 108 valence electrons. The lowest BCUT2D eigenvalue weighted by Crippen LogP contribution is -1.94. The molecule has 0 aliphatic heterocycles. The van der Waals surface area contributed by atoms with Crippen LogP contribution in [0.2, 0.25) is 0 Å². The number of nitrogens with zero attached hydrogens (tertiary/aromatic N) is 3. The Hall–Kier alpha value is -3.28. The molecule has 0 unspecified atom stereocenters. The fraction of sp³-hybridized carbons (Fsp3) is 0. The number of aromatic nitrogens is 2. The number of nitro benzene ring substituents is 1. The molecular formula is C16H11N3O3. The maximum absolute atomic E-state index is 11.3. The first-order chi connectivity index (χ1) is 10.7. The van der Waals surface area contributed by atoms with E-state index in [1.165, 1.54) is 12.1 Å². The van der Waals surface area contributed by atoms with Crippen LogP contribution in [0.4, 0.5) is 5.69 Å². The second-order valence-corrected chi connectivity index (χ2v) is 4.64. The van der Waals surface area contributed by atoms with E-state index in [4.69, 9.17) is 0 Å². The van der Waals surface area contributed by atoms with Crippen molar-refractivity contribution in [2.45, 2.75) is 0 Å². The molecule has 0 saturated heterocycles. The van der Waals surface area contributed by atoms with Crippen molar-refractivity contribution in [3.63, 3.8) is 0 Å². The molecule has 0 amide bonds. The van der Waals surface area contributed by atoms with Crippen molar-refractivity contribution in [1.82, 2.24) is 9.78 Å². The second kappa shape index (κ2) is 5.61. The van der Waals surface area contributed by atoms with E-state index >= 15 is 0 Å². The van der Waals surface area contributed by atoms with Gasteiger partial charge < -0.3 is 0 Å². The Morgan fingerprint density at radius 3 is 2.55 bits per heavy atom. The van der Waals surface area contributed by atoms with E-state index in [0.717, 1.165) is 5.69 Å². The largest absolute Gasteiger partial charge is 0.298 e. The molecule has 2 aromatic carbocycles. The zero-order valence-corrected chi connectivity index (χ0v) is 11.4. The maximum atomic E-state index is 11.3. The van der Waals surface area contributed by atoms with Crippen molar-refractivity contribution in [3.05, 3.63) is 76.5 Å². The van der Waals surface area contributed by atoms with Crippen LogP contribution in [-0.4, -0.2) is 21.0 Å². The topological polar surface area (TPSA) is 78.0 Å². The molecule has 0 bridgehead atoms. The Morgan fingerprint density at radius 2 is 1.86 bits per heavy atom. The van der Waals surface area contributed by atoms with Crippen molar-refractivity contribution in [2.75, 3.05) is 0 Å². The lowest BCUT2D eigenvalue weighted by Gasteiger charge is -2.00. The molecule has 0 radical (unpaired) electrons. The number of carbonyl (C=O) groups is 1. The summed E-state index contributed by atoms with van der Waals surface area (Å²) >= 11 is 0. The van der Waals surface area contributed by atoms with Gasteiger partial charge in [0.05, 0.1) is 16.2 Å². The van der Waals surface area contributed by atoms with Gasteiger partial charge in [0.25, 0.3) is 5.69 Å². The van der Waals surface area contributed by atoms with Crippen molar-refractivity contribution in [1.29, 1.82) is 0 Å². The van der Waals surface area contributed by atoms with Gasteiger partial charge in [-0.05, 0) is 12.1 Å². The number of nitro groups is 1. The van der Waals surface area contributed by atoms with E-state index in [2.05, 4.69) is 5.10 Å². The lowest BCUT2D eigenvalue weighted by molar-refractivity contribution is -0.384. The van der Waals surface area contributed by atoms with Crippen molar-refractivity contribution < 1.29 is 9.72 Å². The molecule has 0 N–H and O–H groups in total. The summed E-state index contributed by atoms with van der Waals surface area (Å²) in [6, 6.07) is 15.4. The van der Waals surface area contributed by atoms with Gasteiger partial charge in [-0.25, -0.2) is 4.68 Å². The molecule has 0 saturated carbocycles. The number of hydrogen-bond acceptors (Lipinski definition) is 4. The molecule has 6 heteroatoms. The molecule has 22 heavy (non-hydrogen) atoms. The minimum Gasteiger partial charge on any atom is -0.298 e. The Kier molecular flexibility index (Phi) is 3.49. The number of rotatable bonds is 4. The van der Waals surface area contributed by atoms with Crippen molar-refractivity contribution in [2.24, 2.45) is 0 Å². The number of hydrogen-bond donors (Lipinski definition) is 0. The van der Waals surface area contributed by atoms with Gasteiger partial charge in [-0.1, -0.05) is 30.3 Å². The highest BCUT2D eigenvalue weighted by atomic mass is 16.6. The fourth-order valence-corrected chi connectivity index (χ4v) is 2.18. The Labute approximate surface area is 125 Å². The molecule has 0 fully saturated rings. The summed E-state index contributed by atoms with van der Waals surface area (Å²) in [7, 11) is 0. The van der Waals surface area contributed by atoms with Crippen LogP contribution in [0.25, 0.3) is 16.9 Å². The molecule has 3 rings (SSSR count). The summed E-state index contributed by atoms with van der Waals surface area (Å²) in [5.74, 6) is 0. The molecule has 0 spiro atoms. The average Bonchev–Trinajstić information content (AvgIpc) is 3.00. The summed E-state index contributed by atoms with van der Waals surface area (Å²) in [5, 5.41) is 15.3. The van der Waals surface area contributed by atoms with Gasteiger partial charge in [0.15, 0.2) is 6.29 Å². The third-order valence-electron chi connectivity index (χ3n) is 3.22. The molecule has 0 aliphatic carbocycles. The number of aldehydes is 1. The highest BCUT2D eigenvalue weighted by molar-refractivity contribution is 5.86. The van der Waals surface area contributed by atoms with Gasteiger partial charge >= 0.3 is 0 Å². The first-order valence-corrected chi connectivity index (χ1v) is 6.54. The lowest BCUT2D eigenvalue weighted by atomic mass is 10.1. The van der Waals surface area contributed by atoms with Gasteiger partial charge in [-0.2, -0.15) is 5.10 Å². The van der Waals surface area contributed by atoms with Crippen molar-refractivity contribution in [3.8, 4) is 16.9 Å². The SMILES string of the molecule is O=Cc1cn(-c2ccccc2)nc1-c1cccc([N+](=O)[O-])c1. The van der Waals surface area contributed by atoms with Crippen LogP contribution >= 0.6 is 0 Å². The molecule has 1 heterocycles. The smallest absolute Gasteiger partial charge is 0.270 e. The Morgan fingerprint density at radius 1 is 1.09 bits per heavy atom. The minimum atomic E-state index is -0.474. The third-order valence-corrected chi connectivity index (χ3v) is 3.22. The fourth-order valence-electron chi connectivity index (χ4n) is 2.18. The van der Waals surface area contributed by atoms with Crippen LogP contribution in [0.15, 0.2) is 60.8 Å². The van der Waals surface area contributed by atoms with Crippen LogP contribution in [0.3, 0.4) is 0 Å². The average molecular weight is 293 g/mol. The Bertz CT molecular complexity index is 841. The van der Waals surface area contributed by atoms with Crippen LogP contribution in [-0.2, 0) is 0 Å². The quantitative estimate of drug-likeness (QED) is 0.420. The Balaban J connectivity index is 2.11. The van der Waals surface area contributed by atoms with Gasteiger partial charge in [-0.3, -0.25) is 14.9 Å². The van der Waals surface area contributed by atoms with Gasteiger partial charge in [0, 0.05) is 23.9 Å². The van der Waals surface area contributed by atoms with Crippen molar-refractivity contribution >= 4 is 12.0 Å². The summed E-state index contributed by atoms with van der Waals surface area (Å²) in [4.78, 5) is 21.7. The van der Waals surface area contributed by atoms with E-state index < -0.39 is 4.92 Å². The second-order valence-electron chi connectivity index (χ2n) is 4.64. The van der Waals surface area contributed by atoms with Gasteiger partial charge in [-0.15, -0.1) is 0 Å². The molecule has 3 aromatic rings. The molecule has 1 aromatic heterocycles. The van der Waals surface area contributed by atoms with Crippen LogP contribution in [0, 0.1) is 10.1 Å². The maximum Gasteiger partial charge on any atom is 0.270 e. The third kappa shape index (κ3) is 2.49. The predicted molar refractivity (Wildman–Crippen MR) is 81.0 cm³/mol.